The van der Waals surface area contributed by atoms with Gasteiger partial charge in [0, 0.05) is 16.8 Å². The van der Waals surface area contributed by atoms with Crippen LogP contribution in [0.3, 0.4) is 0 Å². The van der Waals surface area contributed by atoms with Crippen LogP contribution in [0.2, 0.25) is 0 Å². The smallest absolute Gasteiger partial charge is 0.255 e. The second kappa shape index (κ2) is 5.20. The molecule has 21 heavy (non-hydrogen) atoms. The predicted octanol–water partition coefficient (Wildman–Crippen LogP) is 3.28. The first-order valence-electron chi connectivity index (χ1n) is 6.39. The summed E-state index contributed by atoms with van der Waals surface area (Å²) in [6.07, 6.45) is 1.34. The molecule has 0 aliphatic carbocycles. The molecule has 0 radical (unpaired) electrons. The number of Topliss-reactive ketones (excluding diaryl/α,β-unsaturated/α-hetero) is 1. The number of fused-ring (bicyclic) bond motifs is 1. The summed E-state index contributed by atoms with van der Waals surface area (Å²) >= 11 is 0. The molecule has 2 aromatic carbocycles. The minimum Gasteiger partial charge on any atom is -0.443 e. The van der Waals surface area contributed by atoms with E-state index < -0.39 is 0 Å². The Kier molecular flexibility index (Phi) is 3.23. The molecular weight excluding hydrogens is 268 g/mol. The van der Waals surface area contributed by atoms with Crippen molar-refractivity contribution in [2.45, 2.75) is 6.92 Å². The number of nitrogens with one attached hydrogen (secondary N) is 1. The van der Waals surface area contributed by atoms with Gasteiger partial charge in [0.1, 0.15) is 5.52 Å². The number of hydrogen-bond donors (Lipinski definition) is 1. The Morgan fingerprint density at radius 2 is 1.95 bits per heavy atom. The van der Waals surface area contributed by atoms with Gasteiger partial charge in [0.25, 0.3) is 5.91 Å². The average Bonchev–Trinajstić information content (AvgIpc) is 2.94. The number of hydrogen-bond acceptors (Lipinski definition) is 4. The van der Waals surface area contributed by atoms with Crippen LogP contribution in [-0.4, -0.2) is 16.7 Å². The third kappa shape index (κ3) is 2.67. The Bertz CT molecular complexity index is 836. The molecule has 0 bridgehead atoms. The lowest BCUT2D eigenvalue weighted by molar-refractivity contribution is 0.101. The fourth-order valence-electron chi connectivity index (χ4n) is 2.02. The van der Waals surface area contributed by atoms with Crippen LogP contribution in [-0.2, 0) is 0 Å². The second-order valence-corrected chi connectivity index (χ2v) is 4.63. The highest BCUT2D eigenvalue weighted by Gasteiger charge is 2.09. The molecule has 0 aliphatic rings. The van der Waals surface area contributed by atoms with E-state index in [1.54, 1.807) is 42.5 Å². The molecule has 0 fully saturated rings. The van der Waals surface area contributed by atoms with Crippen molar-refractivity contribution in [3.8, 4) is 0 Å². The minimum atomic E-state index is -0.263. The second-order valence-electron chi connectivity index (χ2n) is 4.63. The maximum atomic E-state index is 12.2. The number of oxazole rings is 1. The van der Waals surface area contributed by atoms with Crippen molar-refractivity contribution in [2.75, 3.05) is 5.32 Å². The van der Waals surface area contributed by atoms with Gasteiger partial charge in [-0.2, -0.15) is 0 Å². The maximum absolute atomic E-state index is 12.2. The first-order chi connectivity index (χ1) is 10.1. The molecule has 1 heterocycles. The van der Waals surface area contributed by atoms with Gasteiger partial charge in [0.15, 0.2) is 17.8 Å². The lowest BCUT2D eigenvalue weighted by atomic mass is 10.1. The summed E-state index contributed by atoms with van der Waals surface area (Å²) in [6.45, 7) is 1.49. The molecule has 0 saturated heterocycles. The molecular formula is C16H12N2O3. The molecule has 1 amide bonds. The van der Waals surface area contributed by atoms with E-state index in [1.807, 2.05) is 0 Å². The fourth-order valence-corrected chi connectivity index (χ4v) is 2.02. The van der Waals surface area contributed by atoms with Crippen LogP contribution < -0.4 is 5.32 Å². The van der Waals surface area contributed by atoms with Crippen molar-refractivity contribution in [3.63, 3.8) is 0 Å². The van der Waals surface area contributed by atoms with Crippen molar-refractivity contribution in [3.05, 3.63) is 60.0 Å². The third-order valence-electron chi connectivity index (χ3n) is 3.12. The highest BCUT2D eigenvalue weighted by molar-refractivity contribution is 6.06. The van der Waals surface area contributed by atoms with Crippen LogP contribution >= 0.6 is 0 Å². The summed E-state index contributed by atoms with van der Waals surface area (Å²) < 4.78 is 5.13. The highest BCUT2D eigenvalue weighted by Crippen LogP contribution is 2.16. The molecule has 104 valence electrons. The van der Waals surface area contributed by atoms with E-state index in [1.165, 1.54) is 13.3 Å². The number of rotatable bonds is 3. The van der Waals surface area contributed by atoms with E-state index in [-0.39, 0.29) is 11.7 Å². The van der Waals surface area contributed by atoms with E-state index in [4.69, 9.17) is 4.42 Å². The van der Waals surface area contributed by atoms with E-state index in [0.29, 0.717) is 27.9 Å². The standard InChI is InChI=1S/C16H12N2O3/c1-10(19)11-3-2-4-13(7-11)18-16(20)12-5-6-15-14(8-12)17-9-21-15/h2-9H,1H3,(H,18,20). The summed E-state index contributed by atoms with van der Waals surface area (Å²) in [5, 5.41) is 2.76. The van der Waals surface area contributed by atoms with Crippen molar-refractivity contribution >= 4 is 28.5 Å². The molecule has 3 rings (SSSR count). The first kappa shape index (κ1) is 13.1. The Balaban J connectivity index is 1.85. The van der Waals surface area contributed by atoms with Crippen molar-refractivity contribution in [1.82, 2.24) is 4.98 Å². The SMILES string of the molecule is CC(=O)c1cccc(NC(=O)c2ccc3ocnc3c2)c1. The number of carbonyl (C=O) groups excluding carboxylic acids is 2. The van der Waals surface area contributed by atoms with E-state index in [0.717, 1.165) is 0 Å². The average molecular weight is 280 g/mol. The zero-order chi connectivity index (χ0) is 14.8. The van der Waals surface area contributed by atoms with Crippen LogP contribution in [0, 0.1) is 0 Å². The number of aromatic nitrogens is 1. The van der Waals surface area contributed by atoms with Crippen molar-refractivity contribution in [1.29, 1.82) is 0 Å². The zero-order valence-corrected chi connectivity index (χ0v) is 11.3. The summed E-state index contributed by atoms with van der Waals surface area (Å²) in [5.74, 6) is -0.310. The Hall–Kier alpha value is -2.95. The van der Waals surface area contributed by atoms with Crippen LogP contribution in [0.25, 0.3) is 11.1 Å². The van der Waals surface area contributed by atoms with Crippen LogP contribution in [0.4, 0.5) is 5.69 Å². The Morgan fingerprint density at radius 3 is 2.76 bits per heavy atom. The minimum absolute atomic E-state index is 0.0462. The Morgan fingerprint density at radius 1 is 1.10 bits per heavy atom. The van der Waals surface area contributed by atoms with Gasteiger partial charge in [-0.25, -0.2) is 4.98 Å². The topological polar surface area (TPSA) is 72.2 Å². The van der Waals surface area contributed by atoms with Crippen LogP contribution in [0.5, 0.6) is 0 Å². The van der Waals surface area contributed by atoms with E-state index in [2.05, 4.69) is 10.3 Å². The van der Waals surface area contributed by atoms with E-state index in [9.17, 15) is 9.59 Å². The monoisotopic (exact) mass is 280 g/mol. The van der Waals surface area contributed by atoms with Gasteiger partial charge in [-0.05, 0) is 37.3 Å². The lowest BCUT2D eigenvalue weighted by Crippen LogP contribution is -2.12. The number of ketones is 1. The molecule has 0 aliphatic heterocycles. The summed E-state index contributed by atoms with van der Waals surface area (Å²) in [5.41, 5.74) is 2.86. The summed E-state index contributed by atoms with van der Waals surface area (Å²) in [4.78, 5) is 27.6. The van der Waals surface area contributed by atoms with Crippen molar-refractivity contribution in [2.24, 2.45) is 0 Å². The molecule has 1 aromatic heterocycles. The molecule has 1 N–H and O–H groups in total. The maximum Gasteiger partial charge on any atom is 0.255 e. The van der Waals surface area contributed by atoms with Gasteiger partial charge >= 0.3 is 0 Å². The molecule has 0 saturated carbocycles. The number of benzene rings is 2. The first-order valence-corrected chi connectivity index (χ1v) is 6.39. The number of nitrogens with zero attached hydrogens (tertiary/aromatic N) is 1. The van der Waals surface area contributed by atoms with Gasteiger partial charge in [-0.15, -0.1) is 0 Å². The van der Waals surface area contributed by atoms with E-state index >= 15 is 0 Å². The summed E-state index contributed by atoms with van der Waals surface area (Å²) in [6, 6.07) is 11.8. The fraction of sp³-hybridized carbons (Fsp3) is 0.0625. The van der Waals surface area contributed by atoms with Crippen molar-refractivity contribution < 1.29 is 14.0 Å². The predicted molar refractivity (Wildman–Crippen MR) is 78.4 cm³/mol. The quantitative estimate of drug-likeness (QED) is 0.747. The third-order valence-corrected chi connectivity index (χ3v) is 3.12. The molecule has 3 aromatic rings. The van der Waals surface area contributed by atoms with Crippen LogP contribution in [0.15, 0.2) is 53.3 Å². The van der Waals surface area contributed by atoms with Gasteiger partial charge in [0.05, 0.1) is 0 Å². The summed E-state index contributed by atoms with van der Waals surface area (Å²) in [7, 11) is 0. The van der Waals surface area contributed by atoms with Gasteiger partial charge in [-0.3, -0.25) is 9.59 Å². The molecule has 0 spiro atoms. The molecule has 0 unspecified atom stereocenters. The molecule has 5 nitrogen and oxygen atoms in total. The molecule has 0 atom stereocenters. The zero-order valence-electron chi connectivity index (χ0n) is 11.3. The number of anilines is 1. The van der Waals surface area contributed by atoms with Gasteiger partial charge in [-0.1, -0.05) is 12.1 Å². The van der Waals surface area contributed by atoms with Gasteiger partial charge < -0.3 is 9.73 Å². The number of carbonyl (C=O) groups is 2. The Labute approximate surface area is 120 Å². The normalized spacial score (nSPS) is 10.5. The highest BCUT2D eigenvalue weighted by atomic mass is 16.3. The van der Waals surface area contributed by atoms with Crippen LogP contribution in [0.1, 0.15) is 27.6 Å². The number of amides is 1. The molecule has 5 heteroatoms. The van der Waals surface area contributed by atoms with Gasteiger partial charge in [0.2, 0.25) is 0 Å². The lowest BCUT2D eigenvalue weighted by Gasteiger charge is -2.06. The largest absolute Gasteiger partial charge is 0.443 e.